The number of hydrogen-bond donors (Lipinski definition) is 0. The molecule has 0 aliphatic rings. The standard InChI is InChI=1S/C8H4Br2F5N/c9-2-5-3(7(11)12)1-4(6(10)16-5)8(13,14)15/h1,7H,2H2. The molecule has 1 heterocycles. The minimum Gasteiger partial charge on any atom is -0.244 e. The largest absolute Gasteiger partial charge is 0.419 e. The van der Waals surface area contributed by atoms with E-state index in [1.165, 1.54) is 0 Å². The van der Waals surface area contributed by atoms with Gasteiger partial charge < -0.3 is 0 Å². The molecule has 0 saturated heterocycles. The second-order valence-electron chi connectivity index (χ2n) is 2.79. The molecule has 0 aromatic carbocycles. The molecule has 0 amide bonds. The van der Waals surface area contributed by atoms with Gasteiger partial charge in [-0.25, -0.2) is 13.8 Å². The Morgan fingerprint density at radius 3 is 2.25 bits per heavy atom. The lowest BCUT2D eigenvalue weighted by atomic mass is 10.1. The highest BCUT2D eigenvalue weighted by molar-refractivity contribution is 9.10. The minimum absolute atomic E-state index is 0.0383. The van der Waals surface area contributed by atoms with E-state index in [-0.39, 0.29) is 11.0 Å². The summed E-state index contributed by atoms with van der Waals surface area (Å²) in [6, 6.07) is 0.415. The van der Waals surface area contributed by atoms with E-state index in [1.54, 1.807) is 0 Å². The average molecular weight is 369 g/mol. The van der Waals surface area contributed by atoms with Crippen LogP contribution in [0, 0.1) is 0 Å². The Hall–Kier alpha value is -0.240. The fourth-order valence-electron chi connectivity index (χ4n) is 1.04. The number of nitrogens with zero attached hydrogens (tertiary/aromatic N) is 1. The van der Waals surface area contributed by atoms with E-state index in [0.29, 0.717) is 6.07 Å². The Balaban J connectivity index is 3.39. The maximum atomic E-state index is 12.5. The van der Waals surface area contributed by atoms with Gasteiger partial charge in [0.15, 0.2) is 0 Å². The lowest BCUT2D eigenvalue weighted by molar-refractivity contribution is -0.138. The summed E-state index contributed by atoms with van der Waals surface area (Å²) in [4.78, 5) is 3.45. The van der Waals surface area contributed by atoms with E-state index in [1.807, 2.05) is 0 Å². The van der Waals surface area contributed by atoms with Crippen LogP contribution in [0.25, 0.3) is 0 Å². The van der Waals surface area contributed by atoms with Gasteiger partial charge in [-0.15, -0.1) is 0 Å². The molecule has 0 spiro atoms. The highest BCUT2D eigenvalue weighted by atomic mass is 79.9. The van der Waals surface area contributed by atoms with Crippen LogP contribution in [-0.4, -0.2) is 4.98 Å². The molecule has 1 rings (SSSR count). The van der Waals surface area contributed by atoms with Crippen LogP contribution in [0.3, 0.4) is 0 Å². The van der Waals surface area contributed by atoms with Crippen LogP contribution in [0.5, 0.6) is 0 Å². The second-order valence-corrected chi connectivity index (χ2v) is 4.11. The summed E-state index contributed by atoms with van der Waals surface area (Å²) >= 11 is 5.50. The van der Waals surface area contributed by atoms with Crippen molar-refractivity contribution in [2.45, 2.75) is 17.9 Å². The summed E-state index contributed by atoms with van der Waals surface area (Å²) in [7, 11) is 0. The Morgan fingerprint density at radius 1 is 1.31 bits per heavy atom. The van der Waals surface area contributed by atoms with Gasteiger partial charge in [-0.3, -0.25) is 0 Å². The number of pyridine rings is 1. The van der Waals surface area contributed by atoms with Gasteiger partial charge in [-0.1, -0.05) is 15.9 Å². The van der Waals surface area contributed by atoms with Crippen molar-refractivity contribution in [3.05, 3.63) is 27.5 Å². The van der Waals surface area contributed by atoms with E-state index in [4.69, 9.17) is 0 Å². The van der Waals surface area contributed by atoms with Crippen LogP contribution < -0.4 is 0 Å². The minimum atomic E-state index is -4.71. The number of aromatic nitrogens is 1. The molecule has 8 heteroatoms. The first-order valence-corrected chi connectivity index (χ1v) is 5.79. The molecule has 1 aromatic heterocycles. The summed E-state index contributed by atoms with van der Waals surface area (Å²) < 4.78 is 61.7. The molecule has 0 atom stereocenters. The van der Waals surface area contributed by atoms with E-state index in [9.17, 15) is 22.0 Å². The van der Waals surface area contributed by atoms with Crippen molar-refractivity contribution in [3.63, 3.8) is 0 Å². The Morgan fingerprint density at radius 2 is 1.88 bits per heavy atom. The van der Waals surface area contributed by atoms with Crippen LogP contribution in [-0.2, 0) is 11.5 Å². The summed E-state index contributed by atoms with van der Waals surface area (Å²) in [5.74, 6) is 0. The van der Waals surface area contributed by atoms with E-state index >= 15 is 0 Å². The van der Waals surface area contributed by atoms with Crippen molar-refractivity contribution in [1.29, 1.82) is 0 Å². The maximum Gasteiger partial charge on any atom is 0.419 e. The first kappa shape index (κ1) is 13.8. The zero-order valence-electron chi connectivity index (χ0n) is 7.45. The summed E-state index contributed by atoms with van der Waals surface area (Å²) in [6.07, 6.45) is -7.70. The van der Waals surface area contributed by atoms with E-state index in [0.717, 1.165) is 0 Å². The molecule has 1 nitrogen and oxygen atoms in total. The first-order valence-electron chi connectivity index (χ1n) is 3.88. The van der Waals surface area contributed by atoms with Gasteiger partial charge in [-0.05, 0) is 22.0 Å². The molecule has 0 radical (unpaired) electrons. The Labute approximate surface area is 104 Å². The quantitative estimate of drug-likeness (QED) is 0.419. The molecule has 0 unspecified atom stereocenters. The van der Waals surface area contributed by atoms with Crippen LogP contribution in [0.4, 0.5) is 22.0 Å². The molecule has 0 N–H and O–H groups in total. The topological polar surface area (TPSA) is 12.9 Å². The molecular weight excluding hydrogens is 365 g/mol. The monoisotopic (exact) mass is 367 g/mol. The van der Waals surface area contributed by atoms with Gasteiger partial charge in [0.2, 0.25) is 0 Å². The van der Waals surface area contributed by atoms with Crippen molar-refractivity contribution in [1.82, 2.24) is 4.98 Å². The molecule has 0 fully saturated rings. The van der Waals surface area contributed by atoms with Gasteiger partial charge in [0.05, 0.1) is 11.3 Å². The fourth-order valence-corrected chi connectivity index (χ4v) is 2.04. The lowest BCUT2D eigenvalue weighted by Crippen LogP contribution is -2.10. The summed E-state index contributed by atoms with van der Waals surface area (Å²) in [6.45, 7) is 0. The van der Waals surface area contributed by atoms with Crippen molar-refractivity contribution in [2.24, 2.45) is 0 Å². The molecule has 0 saturated carbocycles. The molecule has 0 aliphatic heterocycles. The van der Waals surface area contributed by atoms with Crippen molar-refractivity contribution >= 4 is 31.9 Å². The molecule has 90 valence electrons. The second kappa shape index (κ2) is 4.95. The van der Waals surface area contributed by atoms with Gasteiger partial charge in [-0.2, -0.15) is 13.2 Å². The molecule has 16 heavy (non-hydrogen) atoms. The smallest absolute Gasteiger partial charge is 0.244 e. The van der Waals surface area contributed by atoms with Gasteiger partial charge >= 0.3 is 6.18 Å². The first-order chi connectivity index (χ1) is 7.27. The molecule has 0 bridgehead atoms. The number of hydrogen-bond acceptors (Lipinski definition) is 1. The van der Waals surface area contributed by atoms with Crippen LogP contribution >= 0.6 is 31.9 Å². The van der Waals surface area contributed by atoms with Gasteiger partial charge in [0.1, 0.15) is 4.60 Å². The Kier molecular flexibility index (Phi) is 4.28. The normalized spacial score (nSPS) is 12.2. The number of rotatable bonds is 2. The van der Waals surface area contributed by atoms with Crippen LogP contribution in [0.2, 0.25) is 0 Å². The van der Waals surface area contributed by atoms with Gasteiger partial charge in [0, 0.05) is 10.9 Å². The van der Waals surface area contributed by atoms with Crippen molar-refractivity contribution in [2.75, 3.05) is 0 Å². The zero-order chi connectivity index (χ0) is 12.5. The SMILES string of the molecule is FC(F)c1cc(C(F)(F)F)c(Br)nc1CBr. The lowest BCUT2D eigenvalue weighted by Gasteiger charge is -2.13. The summed E-state index contributed by atoms with van der Waals surface area (Å²) in [5, 5.41) is -0.0383. The maximum absolute atomic E-state index is 12.5. The van der Waals surface area contributed by atoms with Gasteiger partial charge in [0.25, 0.3) is 6.43 Å². The van der Waals surface area contributed by atoms with Crippen LogP contribution in [0.15, 0.2) is 10.7 Å². The predicted molar refractivity (Wildman–Crippen MR) is 54.5 cm³/mol. The molecular formula is C8H4Br2F5N. The number of alkyl halides is 6. The van der Waals surface area contributed by atoms with Crippen LogP contribution in [0.1, 0.15) is 23.2 Å². The van der Waals surface area contributed by atoms with Crippen molar-refractivity contribution in [3.8, 4) is 0 Å². The summed E-state index contributed by atoms with van der Waals surface area (Å²) in [5.41, 5.74) is -2.03. The molecule has 1 aromatic rings. The zero-order valence-corrected chi connectivity index (χ0v) is 10.6. The third-order valence-electron chi connectivity index (χ3n) is 1.76. The molecule has 0 aliphatic carbocycles. The third-order valence-corrected chi connectivity index (χ3v) is 2.89. The fraction of sp³-hybridized carbons (Fsp3) is 0.375. The predicted octanol–water partition coefficient (Wildman–Crippen LogP) is 4.70. The van der Waals surface area contributed by atoms with Crippen molar-refractivity contribution < 1.29 is 22.0 Å². The third kappa shape index (κ3) is 2.91. The number of halogens is 7. The van der Waals surface area contributed by atoms with E-state index < -0.39 is 28.3 Å². The van der Waals surface area contributed by atoms with E-state index in [2.05, 4.69) is 36.8 Å². The highest BCUT2D eigenvalue weighted by Crippen LogP contribution is 2.37. The average Bonchev–Trinajstić information content (AvgIpc) is 2.14. The Bertz CT molecular complexity index is 391. The highest BCUT2D eigenvalue weighted by Gasteiger charge is 2.35.